The number of hydrogen-bond donors (Lipinski definition) is 1. The molecule has 1 heterocycles. The summed E-state index contributed by atoms with van der Waals surface area (Å²) in [5.41, 5.74) is 0.867. The molecule has 0 saturated carbocycles. The Morgan fingerprint density at radius 2 is 2.30 bits per heavy atom. The van der Waals surface area contributed by atoms with Crippen molar-refractivity contribution in [3.63, 3.8) is 0 Å². The van der Waals surface area contributed by atoms with E-state index in [0.717, 1.165) is 42.3 Å². The second kappa shape index (κ2) is 9.75. The van der Waals surface area contributed by atoms with E-state index in [4.69, 9.17) is 4.74 Å². The molecule has 0 bridgehead atoms. The van der Waals surface area contributed by atoms with Crippen LogP contribution >= 0.6 is 11.8 Å². The molecule has 1 fully saturated rings. The van der Waals surface area contributed by atoms with Crippen molar-refractivity contribution in [1.29, 1.82) is 0 Å². The lowest BCUT2D eigenvalue weighted by Crippen LogP contribution is -2.37. The highest BCUT2D eigenvalue weighted by Crippen LogP contribution is 2.26. The number of nitrogens with zero attached hydrogens (tertiary/aromatic N) is 1. The smallest absolute Gasteiger partial charge is 0.238 e. The molecule has 0 spiro atoms. The van der Waals surface area contributed by atoms with Crippen LogP contribution in [0.15, 0.2) is 41.8 Å². The molecule has 1 amide bonds. The average molecular weight is 334 g/mol. The highest BCUT2D eigenvalue weighted by molar-refractivity contribution is 7.99. The summed E-state index contributed by atoms with van der Waals surface area (Å²) in [5.74, 6) is 0.834. The molecule has 0 aromatic heterocycles. The summed E-state index contributed by atoms with van der Waals surface area (Å²) in [7, 11) is 1.97. The molecule has 5 heteroatoms. The first kappa shape index (κ1) is 18.0. The fraction of sp³-hybridized carbons (Fsp3) is 0.500. The molecule has 0 aliphatic carbocycles. The van der Waals surface area contributed by atoms with E-state index >= 15 is 0 Å². The Kier molecular flexibility index (Phi) is 7.65. The summed E-state index contributed by atoms with van der Waals surface area (Å²) >= 11 is 1.67. The van der Waals surface area contributed by atoms with Crippen molar-refractivity contribution in [2.75, 3.05) is 37.8 Å². The van der Waals surface area contributed by atoms with Crippen molar-refractivity contribution in [2.45, 2.75) is 30.3 Å². The maximum Gasteiger partial charge on any atom is 0.238 e. The van der Waals surface area contributed by atoms with Crippen LogP contribution in [0.2, 0.25) is 0 Å². The number of likely N-dealkylation sites (N-methyl/N-ethyl adjacent to an activating group) is 1. The molecule has 1 aromatic carbocycles. The summed E-state index contributed by atoms with van der Waals surface area (Å²) in [5, 5.41) is 3.01. The van der Waals surface area contributed by atoms with Crippen LogP contribution in [0.25, 0.3) is 0 Å². The monoisotopic (exact) mass is 334 g/mol. The molecular weight excluding hydrogens is 308 g/mol. The molecule has 2 rings (SSSR count). The third kappa shape index (κ3) is 6.37. The average Bonchev–Trinajstić information content (AvgIpc) is 2.54. The van der Waals surface area contributed by atoms with E-state index in [0.29, 0.717) is 6.54 Å². The molecule has 126 valence electrons. The van der Waals surface area contributed by atoms with E-state index < -0.39 is 0 Å². The third-order valence-corrected chi connectivity index (χ3v) is 4.79. The molecule has 1 saturated heterocycles. The van der Waals surface area contributed by atoms with Crippen molar-refractivity contribution in [1.82, 2.24) is 4.90 Å². The van der Waals surface area contributed by atoms with E-state index in [-0.39, 0.29) is 12.0 Å². The zero-order valence-corrected chi connectivity index (χ0v) is 14.6. The van der Waals surface area contributed by atoms with Crippen molar-refractivity contribution in [2.24, 2.45) is 0 Å². The minimum absolute atomic E-state index is 0.00922. The predicted octanol–water partition coefficient (Wildman–Crippen LogP) is 3.40. The van der Waals surface area contributed by atoms with Gasteiger partial charge < -0.3 is 10.1 Å². The number of para-hydroxylation sites is 1. The van der Waals surface area contributed by atoms with E-state index in [1.165, 1.54) is 6.42 Å². The molecular formula is C18H26N2O2S. The molecule has 23 heavy (non-hydrogen) atoms. The van der Waals surface area contributed by atoms with Crippen molar-refractivity contribution in [3.8, 4) is 0 Å². The molecule has 1 aliphatic rings. The highest BCUT2D eigenvalue weighted by Gasteiger charge is 2.17. The summed E-state index contributed by atoms with van der Waals surface area (Å²) in [6, 6.07) is 7.87. The topological polar surface area (TPSA) is 41.6 Å². The van der Waals surface area contributed by atoms with Gasteiger partial charge in [-0.3, -0.25) is 9.69 Å². The van der Waals surface area contributed by atoms with Crippen LogP contribution in [-0.2, 0) is 9.53 Å². The van der Waals surface area contributed by atoms with Crippen LogP contribution in [-0.4, -0.2) is 49.4 Å². The Balaban J connectivity index is 1.82. The van der Waals surface area contributed by atoms with Gasteiger partial charge >= 0.3 is 0 Å². The zero-order valence-electron chi connectivity index (χ0n) is 13.8. The number of rotatable bonds is 8. The van der Waals surface area contributed by atoms with Gasteiger partial charge in [-0.2, -0.15) is 0 Å². The molecule has 1 N–H and O–H groups in total. The second-order valence-corrected chi connectivity index (χ2v) is 6.89. The third-order valence-electron chi connectivity index (χ3n) is 3.72. The SMILES string of the molecule is C=CCSc1ccccc1NC(=O)CN(C)CC1CCCCO1. The van der Waals surface area contributed by atoms with Gasteiger partial charge in [-0.1, -0.05) is 18.2 Å². The lowest BCUT2D eigenvalue weighted by molar-refractivity contribution is -0.117. The molecule has 1 aromatic rings. The number of thioether (sulfide) groups is 1. The number of carbonyl (C=O) groups is 1. The Bertz CT molecular complexity index is 515. The number of anilines is 1. The van der Waals surface area contributed by atoms with Crippen LogP contribution in [0, 0.1) is 0 Å². The fourth-order valence-electron chi connectivity index (χ4n) is 2.64. The van der Waals surface area contributed by atoms with Crippen LogP contribution in [0.3, 0.4) is 0 Å². The lowest BCUT2D eigenvalue weighted by Gasteiger charge is -2.27. The van der Waals surface area contributed by atoms with Gasteiger partial charge in [0.2, 0.25) is 5.91 Å². The molecule has 1 atom stereocenters. The second-order valence-electron chi connectivity index (χ2n) is 5.83. The van der Waals surface area contributed by atoms with E-state index in [9.17, 15) is 4.79 Å². The van der Waals surface area contributed by atoms with Crippen LogP contribution in [0.1, 0.15) is 19.3 Å². The van der Waals surface area contributed by atoms with Crippen molar-refractivity contribution >= 4 is 23.4 Å². The van der Waals surface area contributed by atoms with Gasteiger partial charge in [0, 0.05) is 23.8 Å². The zero-order chi connectivity index (χ0) is 16.5. The van der Waals surface area contributed by atoms with Crippen LogP contribution in [0.4, 0.5) is 5.69 Å². The standard InChI is InChI=1S/C18H26N2O2S/c1-3-12-23-17-10-5-4-9-16(17)19-18(21)14-20(2)13-15-8-6-7-11-22-15/h3-5,9-10,15H,1,6-8,11-14H2,2H3,(H,19,21). The Morgan fingerprint density at radius 1 is 1.48 bits per heavy atom. The van der Waals surface area contributed by atoms with Gasteiger partial charge in [0.1, 0.15) is 0 Å². The summed E-state index contributed by atoms with van der Waals surface area (Å²) in [6.07, 6.45) is 5.59. The first-order chi connectivity index (χ1) is 11.2. The van der Waals surface area contributed by atoms with Gasteiger partial charge in [0.25, 0.3) is 0 Å². The number of amides is 1. The highest BCUT2D eigenvalue weighted by atomic mass is 32.2. The summed E-state index contributed by atoms with van der Waals surface area (Å²) in [4.78, 5) is 15.4. The Hall–Kier alpha value is -1.30. The molecule has 1 unspecified atom stereocenters. The summed E-state index contributed by atoms with van der Waals surface area (Å²) in [6.45, 7) is 5.76. The quantitative estimate of drug-likeness (QED) is 0.584. The van der Waals surface area contributed by atoms with Crippen molar-refractivity contribution < 1.29 is 9.53 Å². The van der Waals surface area contributed by atoms with E-state index in [1.807, 2.05) is 42.3 Å². The van der Waals surface area contributed by atoms with Gasteiger partial charge in [0.15, 0.2) is 0 Å². The van der Waals surface area contributed by atoms with Crippen molar-refractivity contribution in [3.05, 3.63) is 36.9 Å². The molecule has 0 radical (unpaired) electrons. The number of benzene rings is 1. The largest absolute Gasteiger partial charge is 0.377 e. The van der Waals surface area contributed by atoms with Gasteiger partial charge in [-0.05, 0) is 38.4 Å². The van der Waals surface area contributed by atoms with Gasteiger partial charge in [0.05, 0.1) is 18.3 Å². The number of hydrogen-bond acceptors (Lipinski definition) is 4. The minimum Gasteiger partial charge on any atom is -0.377 e. The normalized spacial score (nSPS) is 17.9. The summed E-state index contributed by atoms with van der Waals surface area (Å²) < 4.78 is 5.73. The van der Waals surface area contributed by atoms with Gasteiger partial charge in [-0.15, -0.1) is 18.3 Å². The fourth-order valence-corrected chi connectivity index (χ4v) is 3.39. The number of carbonyl (C=O) groups excluding carboxylic acids is 1. The first-order valence-corrected chi connectivity index (χ1v) is 9.10. The number of ether oxygens (including phenoxy) is 1. The Morgan fingerprint density at radius 3 is 3.04 bits per heavy atom. The van der Waals surface area contributed by atoms with Crippen LogP contribution < -0.4 is 5.32 Å². The van der Waals surface area contributed by atoms with Crippen LogP contribution in [0.5, 0.6) is 0 Å². The maximum atomic E-state index is 12.3. The number of nitrogens with one attached hydrogen (secondary N) is 1. The molecule has 4 nitrogen and oxygen atoms in total. The van der Waals surface area contributed by atoms with Gasteiger partial charge in [-0.25, -0.2) is 0 Å². The lowest BCUT2D eigenvalue weighted by atomic mass is 10.1. The predicted molar refractivity (Wildman–Crippen MR) is 97.1 cm³/mol. The van der Waals surface area contributed by atoms with E-state index in [2.05, 4.69) is 11.9 Å². The van der Waals surface area contributed by atoms with E-state index in [1.54, 1.807) is 11.8 Å². The minimum atomic E-state index is 0.00922. The maximum absolute atomic E-state index is 12.3. The Labute approximate surface area is 143 Å². The first-order valence-electron chi connectivity index (χ1n) is 8.11. The molecule has 1 aliphatic heterocycles.